The minimum absolute atomic E-state index is 0.308. The van der Waals surface area contributed by atoms with E-state index in [0.717, 1.165) is 11.3 Å². The number of hydrogen-bond acceptors (Lipinski definition) is 6. The van der Waals surface area contributed by atoms with E-state index in [2.05, 4.69) is 9.78 Å². The first-order valence-corrected chi connectivity index (χ1v) is 5.99. The van der Waals surface area contributed by atoms with Crippen molar-refractivity contribution in [2.45, 2.75) is 32.2 Å². The summed E-state index contributed by atoms with van der Waals surface area (Å²) in [5, 5.41) is 17.1. The highest BCUT2D eigenvalue weighted by Gasteiger charge is 2.26. The van der Waals surface area contributed by atoms with Crippen molar-refractivity contribution in [2.24, 2.45) is 0 Å². The maximum absolute atomic E-state index is 8.53. The number of hydrogen-bond donors (Lipinski definition) is 2. The van der Waals surface area contributed by atoms with Crippen molar-refractivity contribution in [2.75, 3.05) is 13.7 Å². The van der Waals surface area contributed by atoms with E-state index in [0.29, 0.717) is 26.1 Å². The summed E-state index contributed by atoms with van der Waals surface area (Å²) < 4.78 is 10.5. The first-order valence-electron chi connectivity index (χ1n) is 5.99. The number of ether oxygens (including phenoxy) is 2. The van der Waals surface area contributed by atoms with E-state index in [1.165, 1.54) is 6.92 Å². The van der Waals surface area contributed by atoms with Gasteiger partial charge in [0.25, 0.3) is 0 Å². The fourth-order valence-corrected chi connectivity index (χ4v) is 1.52. The number of methoxy groups -OCH3 is 1. The molecule has 108 valence electrons. The van der Waals surface area contributed by atoms with E-state index in [4.69, 9.17) is 20.0 Å². The monoisotopic (exact) mass is 272 g/mol. The molecule has 0 radical (unpaired) electrons. The smallest absolute Gasteiger partial charge is 0.230 e. The molecule has 0 saturated carbocycles. The Bertz CT molecular complexity index is 347. The molecule has 0 aliphatic heterocycles. The molecule has 19 heavy (non-hydrogen) atoms. The van der Waals surface area contributed by atoms with Gasteiger partial charge in [0.15, 0.2) is 0 Å². The Hall–Kier alpha value is -1.18. The van der Waals surface area contributed by atoms with Crippen LogP contribution in [0.1, 0.15) is 25.3 Å². The molecule has 0 saturated heterocycles. The normalized spacial score (nSPS) is 11.6. The Labute approximate surface area is 112 Å². The maximum atomic E-state index is 8.53. The summed E-state index contributed by atoms with van der Waals surface area (Å²) in [5.74, 6) is -0.594. The molecule has 0 bridgehead atoms. The zero-order valence-electron chi connectivity index (χ0n) is 11.2. The second-order valence-electron chi connectivity index (χ2n) is 4.32. The van der Waals surface area contributed by atoms with E-state index in [1.807, 2.05) is 24.3 Å². The Morgan fingerprint density at radius 1 is 1.11 bits per heavy atom. The Kier molecular flexibility index (Phi) is 6.75. The zero-order chi connectivity index (χ0) is 14.1. The Balaban J connectivity index is 2.20. The van der Waals surface area contributed by atoms with Crippen LogP contribution in [0.4, 0.5) is 0 Å². The number of rotatable bonds is 9. The van der Waals surface area contributed by atoms with Crippen molar-refractivity contribution in [1.29, 1.82) is 0 Å². The van der Waals surface area contributed by atoms with Crippen molar-refractivity contribution < 1.29 is 29.8 Å². The second kappa shape index (κ2) is 8.08. The minimum Gasteiger partial charge on any atom is -0.497 e. The summed E-state index contributed by atoms with van der Waals surface area (Å²) >= 11 is 0. The van der Waals surface area contributed by atoms with Crippen LogP contribution in [-0.2, 0) is 21.1 Å². The van der Waals surface area contributed by atoms with Crippen LogP contribution in [-0.4, -0.2) is 30.0 Å². The molecular formula is C13H20O6. The lowest BCUT2D eigenvalue weighted by atomic mass is 10.2. The van der Waals surface area contributed by atoms with Gasteiger partial charge in [0, 0.05) is 13.0 Å². The van der Waals surface area contributed by atoms with Gasteiger partial charge in [-0.3, -0.25) is 0 Å². The molecule has 0 aromatic heterocycles. The third-order valence-corrected chi connectivity index (χ3v) is 2.73. The van der Waals surface area contributed by atoms with Crippen LogP contribution in [0.3, 0.4) is 0 Å². The Morgan fingerprint density at radius 3 is 2.26 bits per heavy atom. The zero-order valence-corrected chi connectivity index (χ0v) is 11.2. The average molecular weight is 272 g/mol. The van der Waals surface area contributed by atoms with Gasteiger partial charge in [-0.1, -0.05) is 12.1 Å². The van der Waals surface area contributed by atoms with Crippen molar-refractivity contribution in [1.82, 2.24) is 0 Å². The van der Waals surface area contributed by atoms with Gasteiger partial charge < -0.3 is 9.47 Å². The lowest BCUT2D eigenvalue weighted by molar-refractivity contribution is -0.482. The molecule has 6 heteroatoms. The van der Waals surface area contributed by atoms with Crippen molar-refractivity contribution in [3.8, 4) is 5.75 Å². The molecule has 0 aliphatic rings. The highest BCUT2D eigenvalue weighted by atomic mass is 17.2. The second-order valence-corrected chi connectivity index (χ2v) is 4.32. The highest BCUT2D eigenvalue weighted by molar-refractivity contribution is 5.26. The maximum Gasteiger partial charge on any atom is 0.230 e. The van der Waals surface area contributed by atoms with E-state index >= 15 is 0 Å². The molecule has 6 nitrogen and oxygen atoms in total. The van der Waals surface area contributed by atoms with E-state index in [-0.39, 0.29) is 0 Å². The van der Waals surface area contributed by atoms with Crippen molar-refractivity contribution >= 4 is 0 Å². The lowest BCUT2D eigenvalue weighted by Crippen LogP contribution is -2.30. The first kappa shape index (κ1) is 15.9. The van der Waals surface area contributed by atoms with Gasteiger partial charge in [-0.25, -0.2) is 20.3 Å². The van der Waals surface area contributed by atoms with Crippen LogP contribution in [0.2, 0.25) is 0 Å². The summed E-state index contributed by atoms with van der Waals surface area (Å²) in [6.07, 6.45) is 0.885. The van der Waals surface area contributed by atoms with Crippen molar-refractivity contribution in [3.63, 3.8) is 0 Å². The third-order valence-electron chi connectivity index (χ3n) is 2.73. The summed E-state index contributed by atoms with van der Waals surface area (Å²) in [6.45, 7) is 2.38. The molecule has 0 atom stereocenters. The van der Waals surface area contributed by atoms with Crippen LogP contribution in [0, 0.1) is 0 Å². The fourth-order valence-electron chi connectivity index (χ4n) is 1.52. The summed E-state index contributed by atoms with van der Waals surface area (Å²) in [6, 6.07) is 7.59. The SMILES string of the molecule is COc1ccc(COCCCC(C)(OO)OO)cc1. The fraction of sp³-hybridized carbons (Fsp3) is 0.538. The molecular weight excluding hydrogens is 252 g/mol. The summed E-state index contributed by atoms with van der Waals surface area (Å²) in [4.78, 5) is 8.07. The van der Waals surface area contributed by atoms with Crippen LogP contribution >= 0.6 is 0 Å². The summed E-state index contributed by atoms with van der Waals surface area (Å²) in [5.41, 5.74) is 1.04. The molecule has 0 unspecified atom stereocenters. The van der Waals surface area contributed by atoms with Gasteiger partial charge in [-0.15, -0.1) is 0 Å². The molecule has 0 aliphatic carbocycles. The van der Waals surface area contributed by atoms with Crippen LogP contribution in [0.15, 0.2) is 24.3 Å². The topological polar surface area (TPSA) is 77.4 Å². The van der Waals surface area contributed by atoms with Gasteiger partial charge in [0.2, 0.25) is 5.79 Å². The highest BCUT2D eigenvalue weighted by Crippen LogP contribution is 2.17. The average Bonchev–Trinajstić information content (AvgIpc) is 2.47. The first-order chi connectivity index (χ1) is 9.13. The lowest BCUT2D eigenvalue weighted by Gasteiger charge is -2.21. The molecule has 0 heterocycles. The molecule has 0 amide bonds. The largest absolute Gasteiger partial charge is 0.497 e. The third kappa shape index (κ3) is 5.54. The molecule has 1 aromatic carbocycles. The molecule has 1 rings (SSSR count). The van der Waals surface area contributed by atoms with Gasteiger partial charge in [0.1, 0.15) is 5.75 Å². The van der Waals surface area contributed by atoms with Gasteiger partial charge in [-0.2, -0.15) is 0 Å². The van der Waals surface area contributed by atoms with E-state index < -0.39 is 5.79 Å². The minimum atomic E-state index is -1.40. The van der Waals surface area contributed by atoms with Gasteiger partial charge in [-0.05, 0) is 31.0 Å². The van der Waals surface area contributed by atoms with E-state index in [9.17, 15) is 0 Å². The van der Waals surface area contributed by atoms with Crippen LogP contribution in [0.25, 0.3) is 0 Å². The molecule has 1 aromatic rings. The van der Waals surface area contributed by atoms with Gasteiger partial charge >= 0.3 is 0 Å². The van der Waals surface area contributed by atoms with Crippen LogP contribution in [0.5, 0.6) is 5.75 Å². The standard InChI is InChI=1S/C13H20O6/c1-13(18-14,19-15)8-3-9-17-10-11-4-6-12(16-2)7-5-11/h4-7,14-15H,3,8-10H2,1-2H3. The Morgan fingerprint density at radius 2 is 1.74 bits per heavy atom. The molecule has 0 spiro atoms. The number of benzene rings is 1. The predicted octanol–water partition coefficient (Wildman–Crippen LogP) is 2.69. The van der Waals surface area contributed by atoms with Crippen LogP contribution < -0.4 is 4.74 Å². The van der Waals surface area contributed by atoms with Gasteiger partial charge in [0.05, 0.1) is 13.7 Å². The summed E-state index contributed by atoms with van der Waals surface area (Å²) in [7, 11) is 1.62. The predicted molar refractivity (Wildman–Crippen MR) is 67.7 cm³/mol. The van der Waals surface area contributed by atoms with Crippen molar-refractivity contribution in [3.05, 3.63) is 29.8 Å². The van der Waals surface area contributed by atoms with E-state index in [1.54, 1.807) is 7.11 Å². The molecule has 0 fully saturated rings. The molecule has 2 N–H and O–H groups in total. The quantitative estimate of drug-likeness (QED) is 0.311.